The summed E-state index contributed by atoms with van der Waals surface area (Å²) < 4.78 is 24.7. The highest BCUT2D eigenvalue weighted by Crippen LogP contribution is 2.26. The molecule has 0 radical (unpaired) electrons. The van der Waals surface area contributed by atoms with E-state index in [4.69, 9.17) is 11.6 Å². The fourth-order valence-corrected chi connectivity index (χ4v) is 2.29. The molecule has 1 aromatic rings. The van der Waals surface area contributed by atoms with E-state index in [2.05, 4.69) is 20.3 Å². The summed E-state index contributed by atoms with van der Waals surface area (Å²) in [6.45, 7) is 1.52. The molecular formula is C10H14Cl2N4O2S. The van der Waals surface area contributed by atoms with Crippen LogP contribution < -0.4 is 15.4 Å². The van der Waals surface area contributed by atoms with E-state index in [1.54, 1.807) is 18.2 Å². The lowest BCUT2D eigenvalue weighted by atomic mass is 10.3. The molecule has 1 heterocycles. The number of hydrogen-bond donors (Lipinski definition) is 3. The molecule has 0 saturated heterocycles. The normalized spacial score (nSPS) is 14.1. The van der Waals surface area contributed by atoms with Crippen LogP contribution in [0.3, 0.4) is 0 Å². The molecule has 1 aliphatic heterocycles. The summed E-state index contributed by atoms with van der Waals surface area (Å²) in [6, 6.07) is 4.98. The average molecular weight is 325 g/mol. The Kier molecular flexibility index (Phi) is 5.28. The van der Waals surface area contributed by atoms with Crippen LogP contribution in [0.5, 0.6) is 0 Å². The molecule has 1 aromatic carbocycles. The lowest BCUT2D eigenvalue weighted by Crippen LogP contribution is -2.26. The molecule has 6 nitrogen and oxygen atoms in total. The SMILES string of the molecule is CS(=O)(=O)Nc1cc(NC2=NCCN2)ccc1Cl.Cl. The summed E-state index contributed by atoms with van der Waals surface area (Å²) in [7, 11) is -3.35. The van der Waals surface area contributed by atoms with Gasteiger partial charge in [-0.2, -0.15) is 0 Å². The van der Waals surface area contributed by atoms with Crippen LogP contribution in [-0.2, 0) is 10.0 Å². The van der Waals surface area contributed by atoms with Gasteiger partial charge in [0.1, 0.15) is 0 Å². The van der Waals surface area contributed by atoms with Crippen molar-refractivity contribution in [3.05, 3.63) is 23.2 Å². The Morgan fingerprint density at radius 3 is 2.74 bits per heavy atom. The minimum Gasteiger partial charge on any atom is -0.354 e. The molecule has 106 valence electrons. The Hall–Kier alpha value is -1.18. The number of halogens is 2. The minimum absolute atomic E-state index is 0. The van der Waals surface area contributed by atoms with E-state index >= 15 is 0 Å². The monoisotopic (exact) mass is 324 g/mol. The Balaban J connectivity index is 0.00000180. The number of rotatable bonds is 3. The summed E-state index contributed by atoms with van der Waals surface area (Å²) in [6.07, 6.45) is 1.08. The van der Waals surface area contributed by atoms with Crippen molar-refractivity contribution >= 4 is 51.4 Å². The third-order valence-corrected chi connectivity index (χ3v) is 3.12. The molecule has 0 spiro atoms. The summed E-state index contributed by atoms with van der Waals surface area (Å²) in [4.78, 5) is 4.18. The zero-order valence-corrected chi connectivity index (χ0v) is 12.5. The highest BCUT2D eigenvalue weighted by molar-refractivity contribution is 7.92. The van der Waals surface area contributed by atoms with Gasteiger partial charge in [0, 0.05) is 12.2 Å². The van der Waals surface area contributed by atoms with Gasteiger partial charge in [0.15, 0.2) is 5.96 Å². The van der Waals surface area contributed by atoms with E-state index < -0.39 is 10.0 Å². The van der Waals surface area contributed by atoms with Gasteiger partial charge in [-0.3, -0.25) is 9.71 Å². The number of sulfonamides is 1. The maximum absolute atomic E-state index is 11.2. The van der Waals surface area contributed by atoms with Crippen molar-refractivity contribution in [1.82, 2.24) is 5.32 Å². The fraction of sp³-hybridized carbons (Fsp3) is 0.300. The molecule has 2 rings (SSSR count). The van der Waals surface area contributed by atoms with Crippen molar-refractivity contribution in [3.8, 4) is 0 Å². The maximum Gasteiger partial charge on any atom is 0.229 e. The fourth-order valence-electron chi connectivity index (χ4n) is 1.50. The summed E-state index contributed by atoms with van der Waals surface area (Å²) >= 11 is 5.92. The van der Waals surface area contributed by atoms with Gasteiger partial charge in [0.25, 0.3) is 0 Å². The molecule has 0 bridgehead atoms. The molecule has 19 heavy (non-hydrogen) atoms. The largest absolute Gasteiger partial charge is 0.354 e. The number of hydrogen-bond acceptors (Lipinski definition) is 5. The topological polar surface area (TPSA) is 82.6 Å². The van der Waals surface area contributed by atoms with Crippen LogP contribution in [0.4, 0.5) is 11.4 Å². The Bertz CT molecular complexity index is 589. The second-order valence-electron chi connectivity index (χ2n) is 3.85. The number of nitrogens with zero attached hydrogens (tertiary/aromatic N) is 1. The third-order valence-electron chi connectivity index (χ3n) is 2.20. The quantitative estimate of drug-likeness (QED) is 0.787. The van der Waals surface area contributed by atoms with Crippen molar-refractivity contribution in [3.63, 3.8) is 0 Å². The number of anilines is 2. The Morgan fingerprint density at radius 1 is 1.42 bits per heavy atom. The molecule has 3 N–H and O–H groups in total. The summed E-state index contributed by atoms with van der Waals surface area (Å²) in [5, 5.41) is 6.43. The van der Waals surface area contributed by atoms with Crippen LogP contribution in [0.1, 0.15) is 0 Å². The van der Waals surface area contributed by atoms with Gasteiger partial charge in [0.05, 0.1) is 23.5 Å². The highest BCUT2D eigenvalue weighted by atomic mass is 35.5. The molecule has 9 heteroatoms. The van der Waals surface area contributed by atoms with Crippen molar-refractivity contribution < 1.29 is 8.42 Å². The second-order valence-corrected chi connectivity index (χ2v) is 6.01. The first kappa shape index (κ1) is 15.9. The van der Waals surface area contributed by atoms with Crippen LogP contribution in [0.25, 0.3) is 0 Å². The van der Waals surface area contributed by atoms with Crippen molar-refractivity contribution in [1.29, 1.82) is 0 Å². The third kappa shape index (κ3) is 4.77. The van der Waals surface area contributed by atoms with E-state index in [-0.39, 0.29) is 12.4 Å². The first-order chi connectivity index (χ1) is 8.44. The first-order valence-electron chi connectivity index (χ1n) is 5.27. The van der Waals surface area contributed by atoms with E-state index in [1.807, 2.05) is 0 Å². The maximum atomic E-state index is 11.2. The van der Waals surface area contributed by atoms with E-state index in [0.29, 0.717) is 22.4 Å². The van der Waals surface area contributed by atoms with Gasteiger partial charge >= 0.3 is 0 Å². The van der Waals surface area contributed by atoms with Crippen molar-refractivity contribution in [2.45, 2.75) is 0 Å². The predicted octanol–water partition coefficient (Wildman–Crippen LogP) is 1.50. The molecule has 0 aliphatic carbocycles. The molecule has 0 atom stereocenters. The molecule has 0 saturated carbocycles. The van der Waals surface area contributed by atoms with Gasteiger partial charge in [-0.05, 0) is 18.2 Å². The van der Waals surface area contributed by atoms with E-state index in [0.717, 1.165) is 19.3 Å². The van der Waals surface area contributed by atoms with Crippen molar-refractivity contribution in [2.75, 3.05) is 29.4 Å². The molecule has 1 aliphatic rings. The lowest BCUT2D eigenvalue weighted by Gasteiger charge is -2.10. The van der Waals surface area contributed by atoms with Gasteiger partial charge < -0.3 is 10.6 Å². The van der Waals surface area contributed by atoms with E-state index in [1.165, 1.54) is 0 Å². The second kappa shape index (κ2) is 6.31. The average Bonchev–Trinajstić information content (AvgIpc) is 2.74. The molecule has 0 fully saturated rings. The van der Waals surface area contributed by atoms with Gasteiger partial charge in [-0.1, -0.05) is 11.6 Å². The molecule has 0 amide bonds. The first-order valence-corrected chi connectivity index (χ1v) is 7.54. The van der Waals surface area contributed by atoms with Crippen LogP contribution in [-0.4, -0.2) is 33.7 Å². The molecular weight excluding hydrogens is 311 g/mol. The number of aliphatic imine (C=N–C) groups is 1. The van der Waals surface area contributed by atoms with Gasteiger partial charge in [-0.15, -0.1) is 12.4 Å². The van der Waals surface area contributed by atoms with Gasteiger partial charge in [0.2, 0.25) is 10.0 Å². The predicted molar refractivity (Wildman–Crippen MR) is 81.1 cm³/mol. The minimum atomic E-state index is -3.35. The molecule has 0 aromatic heterocycles. The van der Waals surface area contributed by atoms with Crippen LogP contribution in [0, 0.1) is 0 Å². The van der Waals surface area contributed by atoms with Crippen LogP contribution >= 0.6 is 24.0 Å². The standard InChI is InChI=1S/C10H13ClN4O2S.ClH/c1-18(16,17)15-9-6-7(2-3-8(9)11)14-10-12-4-5-13-10;/h2-3,6,15H,4-5H2,1H3,(H2,12,13,14);1H. The van der Waals surface area contributed by atoms with Crippen molar-refractivity contribution in [2.24, 2.45) is 4.99 Å². The van der Waals surface area contributed by atoms with E-state index in [9.17, 15) is 8.42 Å². The Labute approximate surface area is 123 Å². The lowest BCUT2D eigenvalue weighted by molar-refractivity contribution is 0.607. The smallest absolute Gasteiger partial charge is 0.229 e. The number of benzene rings is 1. The molecule has 0 unspecified atom stereocenters. The zero-order chi connectivity index (χ0) is 13.2. The number of guanidine groups is 1. The highest BCUT2D eigenvalue weighted by Gasteiger charge is 2.09. The zero-order valence-electron chi connectivity index (χ0n) is 10.1. The Morgan fingerprint density at radius 2 is 2.16 bits per heavy atom. The van der Waals surface area contributed by atoms with Crippen LogP contribution in [0.2, 0.25) is 5.02 Å². The van der Waals surface area contributed by atoms with Gasteiger partial charge in [-0.25, -0.2) is 8.42 Å². The van der Waals surface area contributed by atoms with Crippen LogP contribution in [0.15, 0.2) is 23.2 Å². The summed E-state index contributed by atoms with van der Waals surface area (Å²) in [5.41, 5.74) is 1.04. The summed E-state index contributed by atoms with van der Waals surface area (Å²) in [5.74, 6) is 0.669. The number of nitrogens with one attached hydrogen (secondary N) is 3.